The first-order chi connectivity index (χ1) is 17.0. The molecule has 2 aromatic carbocycles. The van der Waals surface area contributed by atoms with Crippen LogP contribution in [-0.2, 0) is 54.6 Å². The van der Waals surface area contributed by atoms with Crippen molar-refractivity contribution in [3.8, 4) is 0 Å². The molecule has 9 heteroatoms. The van der Waals surface area contributed by atoms with Gasteiger partial charge in [0.05, 0.1) is 13.6 Å². The first-order valence-corrected chi connectivity index (χ1v) is 12.0. The normalized spacial score (nSPS) is 20.3. The van der Waals surface area contributed by atoms with Crippen LogP contribution in [0.3, 0.4) is 0 Å². The van der Waals surface area contributed by atoms with Gasteiger partial charge in [-0.05, 0) is 17.5 Å². The summed E-state index contributed by atoms with van der Waals surface area (Å²) in [6.45, 7) is 0.550. The van der Waals surface area contributed by atoms with E-state index in [0.717, 1.165) is 17.7 Å². The average molecular weight is 478 g/mol. The number of aryl methyl sites for hydroxylation is 2. The molecule has 0 amide bonds. The van der Waals surface area contributed by atoms with Crippen molar-refractivity contribution in [1.82, 2.24) is 4.57 Å². The van der Waals surface area contributed by atoms with E-state index in [0.29, 0.717) is 12.8 Å². The standard InChI is InChI=1S/C18H16BO6.C8H15N2/c20-17-15(11-13-7-3-1-4-8-13)22-19(24-17)23-16(18(21)25-19)12-14-9-5-2-6-10-14;1-3-4-5-10-7-6-9(2)8-10/h1-10,15-16H,11-12H2;6-8H,3-5H2,1-2H3/q-1;+1/t15-,16-,19?;/m0./s1. The summed E-state index contributed by atoms with van der Waals surface area (Å²) in [6, 6.07) is 18.8. The largest absolute Gasteiger partial charge is 0.657 e. The van der Waals surface area contributed by atoms with Gasteiger partial charge < -0.3 is 18.6 Å². The fraction of sp³-hybridized carbons (Fsp3) is 0.346. The van der Waals surface area contributed by atoms with Crippen molar-refractivity contribution in [2.24, 2.45) is 7.05 Å². The quantitative estimate of drug-likeness (QED) is 0.384. The second-order valence-electron chi connectivity index (χ2n) is 8.75. The third-order valence-electron chi connectivity index (χ3n) is 5.83. The van der Waals surface area contributed by atoms with Gasteiger partial charge in [-0.3, -0.25) is 9.59 Å². The molecule has 35 heavy (non-hydrogen) atoms. The molecule has 2 atom stereocenters. The molecular weight excluding hydrogens is 447 g/mol. The number of carbonyl (C=O) groups is 2. The van der Waals surface area contributed by atoms with Crippen LogP contribution in [0.15, 0.2) is 79.4 Å². The fourth-order valence-electron chi connectivity index (χ4n) is 4.01. The molecule has 2 aliphatic heterocycles. The summed E-state index contributed by atoms with van der Waals surface area (Å²) in [4.78, 5) is 24.2. The second kappa shape index (κ2) is 11.3. The van der Waals surface area contributed by atoms with Gasteiger partial charge in [-0.1, -0.05) is 74.0 Å². The lowest BCUT2D eigenvalue weighted by molar-refractivity contribution is -0.671. The molecule has 184 valence electrons. The highest BCUT2D eigenvalue weighted by molar-refractivity contribution is 6.61. The predicted molar refractivity (Wildman–Crippen MR) is 128 cm³/mol. The van der Waals surface area contributed by atoms with Gasteiger partial charge in [-0.25, -0.2) is 9.13 Å². The lowest BCUT2D eigenvalue weighted by Gasteiger charge is -2.26. The van der Waals surface area contributed by atoms with E-state index in [1.807, 2.05) is 67.7 Å². The highest BCUT2D eigenvalue weighted by Gasteiger charge is 2.56. The lowest BCUT2D eigenvalue weighted by Crippen LogP contribution is -2.41. The van der Waals surface area contributed by atoms with Gasteiger partial charge in [0.2, 0.25) is 6.33 Å². The van der Waals surface area contributed by atoms with Gasteiger partial charge in [0.1, 0.15) is 24.6 Å². The van der Waals surface area contributed by atoms with Crippen molar-refractivity contribution in [1.29, 1.82) is 0 Å². The van der Waals surface area contributed by atoms with Gasteiger partial charge in [0, 0.05) is 12.8 Å². The number of benzene rings is 2. The lowest BCUT2D eigenvalue weighted by atomic mass is 10.1. The zero-order valence-corrected chi connectivity index (χ0v) is 20.1. The summed E-state index contributed by atoms with van der Waals surface area (Å²) in [5.41, 5.74) is 1.84. The Hall–Kier alpha value is -3.43. The summed E-state index contributed by atoms with van der Waals surface area (Å²) in [7, 11) is 2.04. The van der Waals surface area contributed by atoms with Gasteiger partial charge in [0.15, 0.2) is 0 Å². The van der Waals surface area contributed by atoms with E-state index in [9.17, 15) is 9.59 Å². The number of unbranched alkanes of at least 4 members (excludes halogenated alkanes) is 1. The van der Waals surface area contributed by atoms with Crippen molar-refractivity contribution in [2.75, 3.05) is 0 Å². The van der Waals surface area contributed by atoms with E-state index in [1.54, 1.807) is 0 Å². The van der Waals surface area contributed by atoms with E-state index in [2.05, 4.69) is 34.8 Å². The summed E-state index contributed by atoms with van der Waals surface area (Å²) in [5.74, 6) is -1.17. The summed E-state index contributed by atoms with van der Waals surface area (Å²) in [5, 5.41) is 0. The van der Waals surface area contributed by atoms with Crippen LogP contribution in [-0.4, -0.2) is 35.7 Å². The molecule has 5 rings (SSSR count). The van der Waals surface area contributed by atoms with Crippen LogP contribution in [0, 0.1) is 0 Å². The van der Waals surface area contributed by atoms with E-state index < -0.39 is 31.1 Å². The molecule has 8 nitrogen and oxygen atoms in total. The van der Waals surface area contributed by atoms with Crippen LogP contribution in [0.5, 0.6) is 0 Å². The van der Waals surface area contributed by atoms with Gasteiger partial charge in [-0.2, -0.15) is 0 Å². The fourth-order valence-corrected chi connectivity index (χ4v) is 4.01. The number of hydrogen-bond donors (Lipinski definition) is 0. The summed E-state index contributed by atoms with van der Waals surface area (Å²) >= 11 is 0. The minimum Gasteiger partial charge on any atom is -0.606 e. The first kappa shape index (κ1) is 24.7. The Morgan fingerprint density at radius 1 is 0.857 bits per heavy atom. The van der Waals surface area contributed by atoms with Crippen LogP contribution in [0.25, 0.3) is 0 Å². The number of aromatic nitrogens is 2. The molecule has 3 heterocycles. The SMILES string of the molecule is CCCCn1cc[n+](C)c1.O=C1O[B-]2(OC(=O)[C@H](Cc3ccccc3)O2)O[C@H]1Cc1ccccc1. The average Bonchev–Trinajstić information content (AvgIpc) is 3.50. The Bertz CT molecular complexity index is 1050. The van der Waals surface area contributed by atoms with Gasteiger partial charge in [0.25, 0.3) is 11.9 Å². The van der Waals surface area contributed by atoms with Crippen LogP contribution < -0.4 is 4.57 Å². The molecule has 2 fully saturated rings. The molecular formula is C26H31BN2O6. The minimum absolute atomic E-state index is 0.327. The maximum atomic E-state index is 12.1. The van der Waals surface area contributed by atoms with Gasteiger partial charge >= 0.3 is 6.96 Å². The van der Waals surface area contributed by atoms with E-state index in [1.165, 1.54) is 12.8 Å². The Balaban J connectivity index is 0.000000243. The zero-order chi connectivity index (χ0) is 24.7. The molecule has 0 radical (unpaired) electrons. The molecule has 2 saturated heterocycles. The molecule has 1 spiro atoms. The van der Waals surface area contributed by atoms with Gasteiger partial charge in [-0.15, -0.1) is 0 Å². The zero-order valence-electron chi connectivity index (χ0n) is 20.1. The molecule has 0 saturated carbocycles. The number of carbonyl (C=O) groups excluding carboxylic acids is 2. The molecule has 3 aromatic rings. The second-order valence-corrected chi connectivity index (χ2v) is 8.75. The molecule has 0 N–H and O–H groups in total. The highest BCUT2D eigenvalue weighted by atomic mass is 16.9. The molecule has 2 aliphatic rings. The smallest absolute Gasteiger partial charge is 0.606 e. The number of nitrogens with zero attached hydrogens (tertiary/aromatic N) is 2. The predicted octanol–water partition coefficient (Wildman–Crippen LogP) is 2.90. The third-order valence-corrected chi connectivity index (χ3v) is 5.83. The topological polar surface area (TPSA) is 79.9 Å². The van der Waals surface area contributed by atoms with Crippen molar-refractivity contribution in [3.63, 3.8) is 0 Å². The van der Waals surface area contributed by atoms with Crippen molar-refractivity contribution in [2.45, 2.75) is 51.4 Å². The van der Waals surface area contributed by atoms with Crippen LogP contribution in [0.1, 0.15) is 30.9 Å². The van der Waals surface area contributed by atoms with Crippen LogP contribution in [0.2, 0.25) is 0 Å². The molecule has 0 unspecified atom stereocenters. The number of hydrogen-bond acceptors (Lipinski definition) is 6. The molecule has 0 bridgehead atoms. The maximum absolute atomic E-state index is 12.1. The van der Waals surface area contributed by atoms with Crippen LogP contribution in [0.4, 0.5) is 0 Å². The summed E-state index contributed by atoms with van der Waals surface area (Å²) < 4.78 is 25.8. The Morgan fingerprint density at radius 3 is 1.80 bits per heavy atom. The Kier molecular flexibility index (Phi) is 8.00. The highest BCUT2D eigenvalue weighted by Crippen LogP contribution is 2.32. The number of rotatable bonds is 7. The monoisotopic (exact) mass is 478 g/mol. The third kappa shape index (κ3) is 6.58. The molecule has 0 aliphatic carbocycles. The Morgan fingerprint density at radius 2 is 1.37 bits per heavy atom. The van der Waals surface area contributed by atoms with E-state index in [-0.39, 0.29) is 0 Å². The van der Waals surface area contributed by atoms with Crippen LogP contribution >= 0.6 is 0 Å². The van der Waals surface area contributed by atoms with E-state index in [4.69, 9.17) is 18.6 Å². The van der Waals surface area contributed by atoms with Crippen molar-refractivity contribution in [3.05, 3.63) is 90.5 Å². The molecule has 1 aromatic heterocycles. The maximum Gasteiger partial charge on any atom is 0.657 e. The number of imidazole rings is 1. The van der Waals surface area contributed by atoms with Crippen molar-refractivity contribution >= 4 is 18.9 Å². The van der Waals surface area contributed by atoms with E-state index >= 15 is 0 Å². The Labute approximate surface area is 205 Å². The first-order valence-electron chi connectivity index (χ1n) is 12.0. The summed E-state index contributed by atoms with van der Waals surface area (Å²) in [6.07, 6.45) is 7.76. The minimum atomic E-state index is -2.81. The van der Waals surface area contributed by atoms with Crippen molar-refractivity contribution < 1.29 is 32.8 Å².